The summed E-state index contributed by atoms with van der Waals surface area (Å²) in [6.45, 7) is 10.7. The maximum atomic E-state index is 14.7. The number of nitrogens with two attached hydrogens (primary N) is 1. The lowest BCUT2D eigenvalue weighted by molar-refractivity contribution is 0.0240. The highest BCUT2D eigenvalue weighted by Gasteiger charge is 2.26. The first kappa shape index (κ1) is 25.4. The second-order valence-corrected chi connectivity index (χ2v) is 8.51. The van der Waals surface area contributed by atoms with Crippen LogP contribution in [0.5, 0.6) is 0 Å². The van der Waals surface area contributed by atoms with E-state index in [0.29, 0.717) is 57.6 Å². The topological polar surface area (TPSA) is 83.6 Å². The van der Waals surface area contributed by atoms with E-state index in [2.05, 4.69) is 4.99 Å². The minimum atomic E-state index is -0.524. The highest BCUT2D eigenvalue weighted by molar-refractivity contribution is 14.0. The van der Waals surface area contributed by atoms with E-state index < -0.39 is 5.60 Å². The van der Waals surface area contributed by atoms with E-state index in [4.69, 9.17) is 15.2 Å². The third-order valence-corrected chi connectivity index (χ3v) is 5.04. The zero-order chi connectivity index (χ0) is 21.7. The van der Waals surface area contributed by atoms with Gasteiger partial charge in [-0.2, -0.15) is 0 Å². The van der Waals surface area contributed by atoms with Crippen molar-refractivity contribution in [3.8, 4) is 0 Å². The van der Waals surface area contributed by atoms with Gasteiger partial charge in [-0.1, -0.05) is 6.07 Å². The number of benzene rings is 1. The zero-order valence-electron chi connectivity index (χ0n) is 18.5. The molecule has 0 aromatic heterocycles. The van der Waals surface area contributed by atoms with Gasteiger partial charge in [-0.05, 0) is 38.5 Å². The van der Waals surface area contributed by atoms with E-state index in [1.54, 1.807) is 11.0 Å². The first-order valence-corrected chi connectivity index (χ1v) is 10.4. The third kappa shape index (κ3) is 7.37. The van der Waals surface area contributed by atoms with Crippen molar-refractivity contribution in [2.75, 3.05) is 57.4 Å². The number of carbonyl (C=O) groups is 1. The summed E-state index contributed by atoms with van der Waals surface area (Å²) in [6.07, 6.45) is -0.325. The molecule has 0 unspecified atom stereocenters. The van der Waals surface area contributed by atoms with Crippen LogP contribution in [-0.4, -0.2) is 79.9 Å². The molecule has 2 fully saturated rings. The molecule has 0 atom stereocenters. The third-order valence-electron chi connectivity index (χ3n) is 5.04. The van der Waals surface area contributed by atoms with Crippen molar-refractivity contribution in [3.63, 3.8) is 0 Å². The van der Waals surface area contributed by atoms with Crippen LogP contribution in [0.25, 0.3) is 0 Å². The Balaban J connectivity index is 0.00000341. The Kier molecular flexibility index (Phi) is 9.16. The number of ether oxygens (including phenoxy) is 2. The lowest BCUT2D eigenvalue weighted by Crippen LogP contribution is -2.50. The number of carbonyl (C=O) groups excluding carboxylic acids is 1. The SMILES string of the molecule is CC(C)(C)OC(=O)N1CCN(c2ccc(CN=C(N)N3CCOCC3)cc2F)CC1.I. The monoisotopic (exact) mass is 549 g/mol. The standard InChI is InChI=1S/C21H32FN5O3.HI/c1-21(2,3)30-20(28)27-8-6-25(7-9-27)18-5-4-16(14-17(18)22)15-24-19(23)26-10-12-29-13-11-26;/h4-5,14H,6-13,15H2,1-3H3,(H2,23,24);1H. The molecule has 2 aliphatic heterocycles. The molecule has 1 aromatic rings. The molecular formula is C21H33FIN5O3. The van der Waals surface area contributed by atoms with E-state index in [9.17, 15) is 9.18 Å². The second-order valence-electron chi connectivity index (χ2n) is 8.51. The molecule has 10 heteroatoms. The fourth-order valence-corrected chi connectivity index (χ4v) is 3.43. The Morgan fingerprint density at radius 1 is 1.13 bits per heavy atom. The Morgan fingerprint density at radius 2 is 1.77 bits per heavy atom. The maximum absolute atomic E-state index is 14.7. The van der Waals surface area contributed by atoms with Crippen molar-refractivity contribution >= 4 is 41.7 Å². The predicted molar refractivity (Wildman–Crippen MR) is 130 cm³/mol. The second kappa shape index (κ2) is 11.2. The average molecular weight is 549 g/mol. The van der Waals surface area contributed by atoms with E-state index in [1.807, 2.05) is 36.6 Å². The summed E-state index contributed by atoms with van der Waals surface area (Å²) in [5, 5.41) is 0. The number of anilines is 1. The number of hydrogen-bond acceptors (Lipinski definition) is 5. The number of halogens is 2. The number of aliphatic imine (C=N–C) groups is 1. The molecule has 2 saturated heterocycles. The van der Waals surface area contributed by atoms with Crippen LogP contribution < -0.4 is 10.6 Å². The highest BCUT2D eigenvalue weighted by atomic mass is 127. The molecule has 31 heavy (non-hydrogen) atoms. The van der Waals surface area contributed by atoms with Gasteiger partial charge in [0.15, 0.2) is 5.96 Å². The average Bonchev–Trinajstić information content (AvgIpc) is 2.71. The smallest absolute Gasteiger partial charge is 0.410 e. The van der Waals surface area contributed by atoms with Crippen molar-refractivity contribution in [2.24, 2.45) is 10.7 Å². The molecule has 174 valence electrons. The Hall–Kier alpha value is -1.82. The summed E-state index contributed by atoms with van der Waals surface area (Å²) in [7, 11) is 0. The maximum Gasteiger partial charge on any atom is 0.410 e. The fourth-order valence-electron chi connectivity index (χ4n) is 3.43. The van der Waals surface area contributed by atoms with Gasteiger partial charge < -0.3 is 29.9 Å². The van der Waals surface area contributed by atoms with Gasteiger partial charge >= 0.3 is 6.09 Å². The largest absolute Gasteiger partial charge is 0.444 e. The molecule has 0 radical (unpaired) electrons. The van der Waals surface area contributed by atoms with Crippen molar-refractivity contribution < 1.29 is 18.7 Å². The van der Waals surface area contributed by atoms with Crippen LogP contribution in [-0.2, 0) is 16.0 Å². The van der Waals surface area contributed by atoms with E-state index >= 15 is 0 Å². The van der Waals surface area contributed by atoms with Crippen molar-refractivity contribution in [2.45, 2.75) is 32.9 Å². The van der Waals surface area contributed by atoms with E-state index in [1.165, 1.54) is 6.07 Å². The Labute approximate surface area is 200 Å². The molecule has 2 N–H and O–H groups in total. The van der Waals surface area contributed by atoms with Crippen LogP contribution >= 0.6 is 24.0 Å². The summed E-state index contributed by atoms with van der Waals surface area (Å²) in [4.78, 5) is 22.2. The van der Waals surface area contributed by atoms with Crippen molar-refractivity contribution in [3.05, 3.63) is 29.6 Å². The lowest BCUT2D eigenvalue weighted by atomic mass is 10.1. The van der Waals surface area contributed by atoms with E-state index in [-0.39, 0.29) is 35.9 Å². The summed E-state index contributed by atoms with van der Waals surface area (Å²) in [6, 6.07) is 5.15. The van der Waals surface area contributed by atoms with Crippen LogP contribution in [0.15, 0.2) is 23.2 Å². The van der Waals surface area contributed by atoms with Gasteiger partial charge in [0.05, 0.1) is 25.4 Å². The summed E-state index contributed by atoms with van der Waals surface area (Å²) in [5.41, 5.74) is 6.81. The van der Waals surface area contributed by atoms with Crippen LogP contribution in [0.1, 0.15) is 26.3 Å². The lowest BCUT2D eigenvalue weighted by Gasteiger charge is -2.36. The Morgan fingerprint density at radius 3 is 2.35 bits per heavy atom. The predicted octanol–water partition coefficient (Wildman–Crippen LogP) is 2.65. The fraction of sp³-hybridized carbons (Fsp3) is 0.619. The molecule has 0 bridgehead atoms. The van der Waals surface area contributed by atoms with Crippen molar-refractivity contribution in [1.29, 1.82) is 0 Å². The molecular weight excluding hydrogens is 516 g/mol. The molecule has 0 aliphatic carbocycles. The minimum Gasteiger partial charge on any atom is -0.444 e. The molecule has 2 aliphatic rings. The van der Waals surface area contributed by atoms with Gasteiger partial charge in [0.1, 0.15) is 11.4 Å². The van der Waals surface area contributed by atoms with Gasteiger partial charge in [-0.15, -0.1) is 24.0 Å². The van der Waals surface area contributed by atoms with Gasteiger partial charge in [0.25, 0.3) is 0 Å². The molecule has 1 amide bonds. The van der Waals surface area contributed by atoms with Crippen molar-refractivity contribution in [1.82, 2.24) is 9.80 Å². The van der Waals surface area contributed by atoms with Crippen LogP contribution in [0.2, 0.25) is 0 Å². The number of rotatable bonds is 3. The van der Waals surface area contributed by atoms with Crippen LogP contribution in [0, 0.1) is 5.82 Å². The van der Waals surface area contributed by atoms with Gasteiger partial charge in [-0.25, -0.2) is 14.2 Å². The highest BCUT2D eigenvalue weighted by Crippen LogP contribution is 2.23. The molecule has 0 spiro atoms. The first-order valence-electron chi connectivity index (χ1n) is 10.4. The van der Waals surface area contributed by atoms with Gasteiger partial charge in [0.2, 0.25) is 0 Å². The number of hydrogen-bond donors (Lipinski definition) is 1. The molecule has 0 saturated carbocycles. The van der Waals surface area contributed by atoms with Gasteiger partial charge in [0, 0.05) is 39.3 Å². The summed E-state index contributed by atoms with van der Waals surface area (Å²) >= 11 is 0. The minimum absolute atomic E-state index is 0. The molecule has 3 rings (SSSR count). The number of piperazine rings is 1. The number of morpholine rings is 1. The number of amides is 1. The Bertz CT molecular complexity index is 773. The van der Waals surface area contributed by atoms with Crippen LogP contribution in [0.3, 0.4) is 0 Å². The number of nitrogens with zero attached hydrogens (tertiary/aromatic N) is 4. The van der Waals surface area contributed by atoms with E-state index in [0.717, 1.165) is 18.7 Å². The summed E-state index contributed by atoms with van der Waals surface area (Å²) in [5.74, 6) is 0.166. The number of guanidine groups is 1. The van der Waals surface area contributed by atoms with Crippen LogP contribution in [0.4, 0.5) is 14.9 Å². The molecule has 8 nitrogen and oxygen atoms in total. The quantitative estimate of drug-likeness (QED) is 0.355. The summed E-state index contributed by atoms with van der Waals surface area (Å²) < 4.78 is 25.5. The zero-order valence-corrected chi connectivity index (χ0v) is 20.8. The first-order chi connectivity index (χ1) is 14.2. The molecule has 1 aromatic carbocycles. The van der Waals surface area contributed by atoms with Gasteiger partial charge in [-0.3, -0.25) is 0 Å². The normalized spacial score (nSPS) is 17.9. The molecule has 2 heterocycles.